The number of amides is 2. The summed E-state index contributed by atoms with van der Waals surface area (Å²) in [5.41, 5.74) is 2.84. The molecule has 1 aliphatic rings. The van der Waals surface area contributed by atoms with E-state index in [1.807, 2.05) is 24.3 Å². The normalized spacial score (nSPS) is 14.6. The zero-order chi connectivity index (χ0) is 16.5. The number of nitrogens with one attached hydrogen (secondary N) is 2. The Morgan fingerprint density at radius 2 is 1.96 bits per heavy atom. The molecular formula is C18H17FN4O. The first-order valence-corrected chi connectivity index (χ1v) is 7.91. The van der Waals surface area contributed by atoms with Crippen molar-refractivity contribution < 1.29 is 9.18 Å². The molecular weight excluding hydrogens is 307 g/mol. The van der Waals surface area contributed by atoms with Gasteiger partial charge in [-0.05, 0) is 29.8 Å². The zero-order valence-corrected chi connectivity index (χ0v) is 13.0. The van der Waals surface area contributed by atoms with Gasteiger partial charge in [-0.2, -0.15) is 0 Å². The average molecular weight is 324 g/mol. The molecule has 0 unspecified atom stereocenters. The van der Waals surface area contributed by atoms with E-state index in [9.17, 15) is 9.18 Å². The van der Waals surface area contributed by atoms with Gasteiger partial charge >= 0.3 is 6.03 Å². The van der Waals surface area contributed by atoms with Crippen LogP contribution in [0.2, 0.25) is 0 Å². The lowest BCUT2D eigenvalue weighted by Gasteiger charge is -2.38. The van der Waals surface area contributed by atoms with Crippen LogP contribution < -0.4 is 5.32 Å². The standard InChI is InChI=1S/C18H17FN4O/c19-14-7-5-12(6-8-14)9-20-18(24)23-10-13(11-23)17-21-15-3-1-2-4-16(15)22-17/h1-8,13H,9-11H2,(H,20,24)(H,21,22). The largest absolute Gasteiger partial charge is 0.342 e. The van der Waals surface area contributed by atoms with Crippen LogP contribution in [-0.2, 0) is 6.54 Å². The lowest BCUT2D eigenvalue weighted by atomic mass is 10.0. The number of rotatable bonds is 3. The Kier molecular flexibility index (Phi) is 3.65. The third kappa shape index (κ3) is 2.82. The number of nitrogens with zero attached hydrogens (tertiary/aromatic N) is 2. The molecule has 6 heteroatoms. The van der Waals surface area contributed by atoms with Crippen LogP contribution in [0.15, 0.2) is 48.5 Å². The Labute approximate surface area is 138 Å². The number of hydrogen-bond donors (Lipinski definition) is 2. The van der Waals surface area contributed by atoms with Gasteiger partial charge in [0.25, 0.3) is 0 Å². The van der Waals surface area contributed by atoms with E-state index < -0.39 is 0 Å². The zero-order valence-electron chi connectivity index (χ0n) is 13.0. The number of urea groups is 1. The van der Waals surface area contributed by atoms with Gasteiger partial charge < -0.3 is 15.2 Å². The number of carbonyl (C=O) groups excluding carboxylic acids is 1. The summed E-state index contributed by atoms with van der Waals surface area (Å²) in [6.07, 6.45) is 0. The van der Waals surface area contributed by atoms with Gasteiger partial charge in [0.1, 0.15) is 11.6 Å². The second kappa shape index (κ2) is 5.96. The Morgan fingerprint density at radius 1 is 1.21 bits per heavy atom. The van der Waals surface area contributed by atoms with Gasteiger partial charge in [0.05, 0.1) is 17.0 Å². The number of benzene rings is 2. The number of imidazole rings is 1. The summed E-state index contributed by atoms with van der Waals surface area (Å²) < 4.78 is 12.9. The summed E-state index contributed by atoms with van der Waals surface area (Å²) in [4.78, 5) is 21.8. The minimum absolute atomic E-state index is 0.105. The van der Waals surface area contributed by atoms with E-state index in [-0.39, 0.29) is 17.8 Å². The summed E-state index contributed by atoms with van der Waals surface area (Å²) in [5, 5.41) is 2.85. The molecule has 0 radical (unpaired) electrons. The molecule has 1 aliphatic heterocycles. The molecule has 0 bridgehead atoms. The Bertz CT molecular complexity index is 835. The van der Waals surface area contributed by atoms with Gasteiger partial charge in [-0.1, -0.05) is 24.3 Å². The molecule has 3 aromatic rings. The lowest BCUT2D eigenvalue weighted by Crippen LogP contribution is -2.52. The summed E-state index contributed by atoms with van der Waals surface area (Å²) in [7, 11) is 0. The van der Waals surface area contributed by atoms with Crippen molar-refractivity contribution in [2.24, 2.45) is 0 Å². The molecule has 1 aromatic heterocycles. The van der Waals surface area contributed by atoms with Gasteiger partial charge in [0, 0.05) is 19.6 Å². The maximum Gasteiger partial charge on any atom is 0.317 e. The highest BCUT2D eigenvalue weighted by atomic mass is 19.1. The molecule has 4 rings (SSSR count). The third-order valence-electron chi connectivity index (χ3n) is 4.32. The monoisotopic (exact) mass is 324 g/mol. The van der Waals surface area contributed by atoms with Gasteiger partial charge in [-0.15, -0.1) is 0 Å². The Morgan fingerprint density at radius 3 is 2.71 bits per heavy atom. The van der Waals surface area contributed by atoms with E-state index in [0.717, 1.165) is 22.4 Å². The van der Waals surface area contributed by atoms with Gasteiger partial charge in [0.2, 0.25) is 0 Å². The first-order valence-electron chi connectivity index (χ1n) is 7.91. The van der Waals surface area contributed by atoms with Crippen LogP contribution in [0.3, 0.4) is 0 Å². The Balaban J connectivity index is 1.31. The van der Waals surface area contributed by atoms with Crippen molar-refractivity contribution in [3.8, 4) is 0 Å². The highest BCUT2D eigenvalue weighted by Gasteiger charge is 2.33. The molecule has 2 heterocycles. The van der Waals surface area contributed by atoms with Crippen molar-refractivity contribution in [2.75, 3.05) is 13.1 Å². The highest BCUT2D eigenvalue weighted by Crippen LogP contribution is 2.26. The van der Waals surface area contributed by atoms with E-state index in [4.69, 9.17) is 0 Å². The fourth-order valence-electron chi connectivity index (χ4n) is 2.87. The van der Waals surface area contributed by atoms with Crippen molar-refractivity contribution in [1.82, 2.24) is 20.2 Å². The van der Waals surface area contributed by atoms with Gasteiger partial charge in [0.15, 0.2) is 0 Å². The molecule has 5 nitrogen and oxygen atoms in total. The van der Waals surface area contributed by atoms with Crippen LogP contribution >= 0.6 is 0 Å². The highest BCUT2D eigenvalue weighted by molar-refractivity contribution is 5.76. The predicted molar refractivity (Wildman–Crippen MR) is 89.0 cm³/mol. The minimum atomic E-state index is -0.276. The number of fused-ring (bicyclic) bond motifs is 1. The molecule has 0 spiro atoms. The fourth-order valence-corrected chi connectivity index (χ4v) is 2.87. The second-order valence-electron chi connectivity index (χ2n) is 6.03. The summed E-state index contributed by atoms with van der Waals surface area (Å²) >= 11 is 0. The molecule has 2 aromatic carbocycles. The molecule has 0 atom stereocenters. The number of carbonyl (C=O) groups is 1. The number of halogens is 1. The van der Waals surface area contributed by atoms with Crippen LogP contribution in [-0.4, -0.2) is 34.0 Å². The maximum atomic E-state index is 12.9. The summed E-state index contributed by atoms with van der Waals surface area (Å²) in [6, 6.07) is 13.9. The van der Waals surface area contributed by atoms with E-state index in [0.29, 0.717) is 19.6 Å². The van der Waals surface area contributed by atoms with Crippen LogP contribution in [0.5, 0.6) is 0 Å². The third-order valence-corrected chi connectivity index (χ3v) is 4.32. The number of likely N-dealkylation sites (tertiary alicyclic amines) is 1. The molecule has 0 saturated carbocycles. The van der Waals surface area contributed by atoms with E-state index in [1.165, 1.54) is 12.1 Å². The smallest absolute Gasteiger partial charge is 0.317 e. The van der Waals surface area contributed by atoms with Crippen LogP contribution in [0.4, 0.5) is 9.18 Å². The van der Waals surface area contributed by atoms with Crippen molar-refractivity contribution >= 4 is 17.1 Å². The molecule has 2 amide bonds. The summed E-state index contributed by atoms with van der Waals surface area (Å²) in [5.74, 6) is 0.897. The van der Waals surface area contributed by atoms with Gasteiger partial charge in [-0.3, -0.25) is 0 Å². The first-order chi connectivity index (χ1) is 11.7. The number of para-hydroxylation sites is 2. The number of aromatic nitrogens is 2. The molecule has 1 saturated heterocycles. The van der Waals surface area contributed by atoms with Crippen molar-refractivity contribution in [3.63, 3.8) is 0 Å². The summed E-state index contributed by atoms with van der Waals surface area (Å²) in [6.45, 7) is 1.69. The topological polar surface area (TPSA) is 61.0 Å². The number of hydrogen-bond acceptors (Lipinski definition) is 2. The Hall–Kier alpha value is -2.89. The molecule has 2 N–H and O–H groups in total. The first kappa shape index (κ1) is 14.7. The second-order valence-corrected chi connectivity index (χ2v) is 6.03. The van der Waals surface area contributed by atoms with Gasteiger partial charge in [-0.25, -0.2) is 14.2 Å². The maximum absolute atomic E-state index is 12.9. The SMILES string of the molecule is O=C(NCc1ccc(F)cc1)N1CC(c2nc3ccccc3[nH]2)C1. The quantitative estimate of drug-likeness (QED) is 0.778. The molecule has 122 valence electrons. The van der Waals surface area contributed by atoms with Crippen molar-refractivity contribution in [1.29, 1.82) is 0 Å². The van der Waals surface area contributed by atoms with E-state index >= 15 is 0 Å². The number of H-pyrrole nitrogens is 1. The van der Waals surface area contributed by atoms with E-state index in [2.05, 4.69) is 15.3 Å². The van der Waals surface area contributed by atoms with Crippen molar-refractivity contribution in [3.05, 3.63) is 65.7 Å². The molecule has 0 aliphatic carbocycles. The number of aromatic amines is 1. The minimum Gasteiger partial charge on any atom is -0.342 e. The van der Waals surface area contributed by atoms with E-state index in [1.54, 1.807) is 17.0 Å². The van der Waals surface area contributed by atoms with Crippen LogP contribution in [0.1, 0.15) is 17.3 Å². The van der Waals surface area contributed by atoms with Crippen LogP contribution in [0, 0.1) is 5.82 Å². The van der Waals surface area contributed by atoms with Crippen LogP contribution in [0.25, 0.3) is 11.0 Å². The fraction of sp³-hybridized carbons (Fsp3) is 0.222. The predicted octanol–water partition coefficient (Wildman–Crippen LogP) is 3.01. The molecule has 24 heavy (non-hydrogen) atoms. The molecule has 1 fully saturated rings. The van der Waals surface area contributed by atoms with Crippen molar-refractivity contribution in [2.45, 2.75) is 12.5 Å². The lowest BCUT2D eigenvalue weighted by molar-refractivity contribution is 0.148. The average Bonchev–Trinajstić information content (AvgIpc) is 2.96.